The molecule has 1 aliphatic heterocycles. The van der Waals surface area contributed by atoms with Crippen molar-refractivity contribution in [3.63, 3.8) is 0 Å². The van der Waals surface area contributed by atoms with E-state index in [0.29, 0.717) is 15.9 Å². The number of carbonyl (C=O) groups excluding carboxylic acids is 2. The van der Waals surface area contributed by atoms with E-state index >= 15 is 0 Å². The van der Waals surface area contributed by atoms with Crippen LogP contribution < -0.4 is 35.6 Å². The van der Waals surface area contributed by atoms with Gasteiger partial charge < -0.3 is 20.9 Å². The minimum Gasteiger partial charge on any atom is -0.362 e. The maximum atomic E-state index is 12.9. The van der Waals surface area contributed by atoms with Gasteiger partial charge in [-0.15, -0.1) is 11.3 Å². The quantitative estimate of drug-likeness (QED) is 0.367. The van der Waals surface area contributed by atoms with E-state index in [1.165, 1.54) is 16.3 Å². The predicted molar refractivity (Wildman–Crippen MR) is 151 cm³/mol. The molecule has 0 aliphatic carbocycles. The van der Waals surface area contributed by atoms with Crippen LogP contribution in [0, 0.1) is 22.7 Å². The number of thiazole rings is 1. The summed E-state index contributed by atoms with van der Waals surface area (Å²) in [5.41, 5.74) is 3.02. The second-order valence-electron chi connectivity index (χ2n) is 8.72. The molecule has 39 heavy (non-hydrogen) atoms. The SMILES string of the molecule is CCn1c(=O)/c(=C\Nc2cccc(NC(=O)CN3CCCc4ccccc43)c2)s/c1=C(/C#N)C(=O)NCC#N. The summed E-state index contributed by atoms with van der Waals surface area (Å²) < 4.78 is 1.86. The number of nitrogens with one attached hydrogen (secondary N) is 3. The van der Waals surface area contributed by atoms with E-state index in [1.54, 1.807) is 37.3 Å². The fraction of sp³-hybridized carbons (Fsp3) is 0.250. The molecular weight excluding hydrogens is 514 g/mol. The van der Waals surface area contributed by atoms with Gasteiger partial charge in [0.15, 0.2) is 5.57 Å². The lowest BCUT2D eigenvalue weighted by Crippen LogP contribution is -2.36. The standard InChI is InChI=1S/C28H27N7O3S/c1-2-35-27(38)24(39-28(35)22(16-30)26(37)31-13-12-29)17-32-20-9-5-10-21(15-20)33-25(36)18-34-14-6-8-19-7-3-4-11-23(19)34/h3-5,7,9-11,15,17,32H,2,6,8,13-14,18H2,1H3,(H,31,37)(H,33,36)/b24-17+,28-22-. The minimum atomic E-state index is -0.710. The summed E-state index contributed by atoms with van der Waals surface area (Å²) in [5, 5.41) is 26.6. The van der Waals surface area contributed by atoms with Gasteiger partial charge in [0.2, 0.25) is 5.91 Å². The Balaban J connectivity index is 1.51. The number of carbonyl (C=O) groups is 2. The molecule has 0 fully saturated rings. The third-order valence-electron chi connectivity index (χ3n) is 6.16. The Morgan fingerprint density at radius 3 is 2.69 bits per heavy atom. The molecule has 0 saturated heterocycles. The van der Waals surface area contributed by atoms with Gasteiger partial charge in [0.25, 0.3) is 11.5 Å². The fourth-order valence-electron chi connectivity index (χ4n) is 4.38. The van der Waals surface area contributed by atoms with Crippen molar-refractivity contribution in [2.45, 2.75) is 26.3 Å². The van der Waals surface area contributed by atoms with E-state index in [-0.39, 0.29) is 41.3 Å². The van der Waals surface area contributed by atoms with Gasteiger partial charge in [0, 0.05) is 36.4 Å². The van der Waals surface area contributed by atoms with Crippen LogP contribution in [0.5, 0.6) is 0 Å². The van der Waals surface area contributed by atoms with Crippen molar-refractivity contribution in [3.05, 3.63) is 73.6 Å². The van der Waals surface area contributed by atoms with Crippen LogP contribution in [-0.4, -0.2) is 36.0 Å². The molecule has 0 saturated carbocycles. The topological polar surface area (TPSA) is 143 Å². The summed E-state index contributed by atoms with van der Waals surface area (Å²) in [4.78, 5) is 40.1. The van der Waals surface area contributed by atoms with Crippen molar-refractivity contribution in [3.8, 4) is 12.1 Å². The second kappa shape index (κ2) is 12.6. The Morgan fingerprint density at radius 1 is 1.13 bits per heavy atom. The fourth-order valence-corrected chi connectivity index (χ4v) is 5.47. The van der Waals surface area contributed by atoms with E-state index in [0.717, 1.165) is 36.4 Å². The monoisotopic (exact) mass is 541 g/mol. The van der Waals surface area contributed by atoms with E-state index in [2.05, 4.69) is 26.9 Å². The molecule has 2 heterocycles. The molecule has 1 aliphatic rings. The van der Waals surface area contributed by atoms with Gasteiger partial charge in [-0.05, 0) is 49.6 Å². The molecule has 11 heteroatoms. The third-order valence-corrected chi connectivity index (χ3v) is 7.29. The van der Waals surface area contributed by atoms with Gasteiger partial charge in [0.1, 0.15) is 21.8 Å². The highest BCUT2D eigenvalue weighted by Gasteiger charge is 2.19. The first kappa shape index (κ1) is 27.2. The zero-order valence-electron chi connectivity index (χ0n) is 21.4. The van der Waals surface area contributed by atoms with Crippen LogP contribution in [0.2, 0.25) is 0 Å². The van der Waals surface area contributed by atoms with Crippen LogP contribution in [0.1, 0.15) is 18.9 Å². The van der Waals surface area contributed by atoms with Gasteiger partial charge in [-0.25, -0.2) is 0 Å². The predicted octanol–water partition coefficient (Wildman–Crippen LogP) is 1.49. The molecule has 0 radical (unpaired) electrons. The smallest absolute Gasteiger partial charge is 0.270 e. The first-order chi connectivity index (χ1) is 18.9. The summed E-state index contributed by atoms with van der Waals surface area (Å²) in [6.45, 7) is 2.83. The lowest BCUT2D eigenvalue weighted by atomic mass is 10.0. The third kappa shape index (κ3) is 6.35. The van der Waals surface area contributed by atoms with E-state index in [4.69, 9.17) is 5.26 Å². The van der Waals surface area contributed by atoms with E-state index in [1.807, 2.05) is 24.3 Å². The molecule has 2 amide bonds. The lowest BCUT2D eigenvalue weighted by Gasteiger charge is -2.30. The van der Waals surface area contributed by atoms with Crippen LogP contribution >= 0.6 is 11.3 Å². The minimum absolute atomic E-state index is 0.129. The van der Waals surface area contributed by atoms with Crippen molar-refractivity contribution in [1.82, 2.24) is 9.88 Å². The number of fused-ring (bicyclic) bond motifs is 1. The van der Waals surface area contributed by atoms with Crippen LogP contribution in [-0.2, 0) is 22.6 Å². The molecule has 10 nitrogen and oxygen atoms in total. The molecule has 0 bridgehead atoms. The first-order valence-corrected chi connectivity index (χ1v) is 13.3. The number of rotatable bonds is 8. The zero-order chi connectivity index (χ0) is 27.8. The summed E-state index contributed by atoms with van der Waals surface area (Å²) in [6, 6.07) is 18.9. The molecule has 2 aromatic carbocycles. The van der Waals surface area contributed by atoms with Gasteiger partial charge >= 0.3 is 0 Å². The largest absolute Gasteiger partial charge is 0.362 e. The average molecular weight is 542 g/mol. The van der Waals surface area contributed by atoms with Crippen molar-refractivity contribution in [1.29, 1.82) is 10.5 Å². The number of nitriles is 2. The van der Waals surface area contributed by atoms with Crippen molar-refractivity contribution in [2.75, 3.05) is 35.2 Å². The molecule has 0 spiro atoms. The Kier molecular flexibility index (Phi) is 8.77. The maximum absolute atomic E-state index is 12.9. The van der Waals surface area contributed by atoms with Crippen LogP contribution in [0.3, 0.4) is 0 Å². The average Bonchev–Trinajstić information content (AvgIpc) is 3.26. The van der Waals surface area contributed by atoms with Crippen molar-refractivity contribution < 1.29 is 9.59 Å². The molecule has 0 atom stereocenters. The maximum Gasteiger partial charge on any atom is 0.270 e. The molecular formula is C28H27N7O3S. The van der Waals surface area contributed by atoms with Crippen molar-refractivity contribution in [2.24, 2.45) is 0 Å². The normalized spacial score (nSPS) is 13.5. The Morgan fingerprint density at radius 2 is 1.92 bits per heavy atom. The van der Waals surface area contributed by atoms with Gasteiger partial charge in [-0.2, -0.15) is 10.5 Å². The highest BCUT2D eigenvalue weighted by molar-refractivity contribution is 7.07. The number of anilines is 3. The summed E-state index contributed by atoms with van der Waals surface area (Å²) in [7, 11) is 0. The molecule has 4 rings (SSSR count). The number of benzene rings is 2. The van der Waals surface area contributed by atoms with E-state index in [9.17, 15) is 19.6 Å². The van der Waals surface area contributed by atoms with Crippen LogP contribution in [0.15, 0.2) is 53.3 Å². The van der Waals surface area contributed by atoms with Gasteiger partial charge in [0.05, 0.1) is 12.6 Å². The number of aromatic nitrogens is 1. The van der Waals surface area contributed by atoms with Gasteiger partial charge in [-0.3, -0.25) is 19.0 Å². The van der Waals surface area contributed by atoms with Gasteiger partial charge in [-0.1, -0.05) is 24.3 Å². The lowest BCUT2D eigenvalue weighted by molar-refractivity contribution is -0.116. The van der Waals surface area contributed by atoms with Crippen LogP contribution in [0.4, 0.5) is 17.1 Å². The zero-order valence-corrected chi connectivity index (χ0v) is 22.2. The molecule has 0 unspecified atom stereocenters. The number of aryl methyl sites for hydroxylation is 1. The molecule has 3 aromatic rings. The number of hydrogen-bond acceptors (Lipinski definition) is 8. The Labute approximate surface area is 229 Å². The highest BCUT2D eigenvalue weighted by Crippen LogP contribution is 2.26. The number of nitrogens with zero attached hydrogens (tertiary/aromatic N) is 4. The summed E-state index contributed by atoms with van der Waals surface area (Å²) in [6.07, 6.45) is 3.52. The molecule has 3 N–H and O–H groups in total. The second-order valence-corrected chi connectivity index (χ2v) is 9.75. The van der Waals surface area contributed by atoms with Crippen molar-refractivity contribution >= 4 is 52.0 Å². The summed E-state index contributed by atoms with van der Waals surface area (Å²) in [5.74, 6) is -0.839. The Bertz CT molecular complexity index is 1660. The molecule has 1 aromatic heterocycles. The number of hydrogen-bond donors (Lipinski definition) is 3. The highest BCUT2D eigenvalue weighted by atomic mass is 32.1. The number of para-hydroxylation sites is 1. The summed E-state index contributed by atoms with van der Waals surface area (Å²) >= 11 is 1.01. The first-order valence-electron chi connectivity index (χ1n) is 12.4. The van der Waals surface area contributed by atoms with Crippen LogP contribution in [0.25, 0.3) is 11.8 Å². The molecule has 198 valence electrons. The van der Waals surface area contributed by atoms with E-state index < -0.39 is 5.91 Å². The Hall–Kier alpha value is -4.87. The number of amides is 2.